The lowest BCUT2D eigenvalue weighted by Crippen LogP contribution is -2.43. The molecule has 1 fully saturated rings. The minimum Gasteiger partial charge on any atom is -0.389 e. The number of benzene rings is 1. The van der Waals surface area contributed by atoms with Gasteiger partial charge in [-0.05, 0) is 40.0 Å². The Morgan fingerprint density at radius 1 is 1.37 bits per heavy atom. The first-order chi connectivity index (χ1) is 8.90. The van der Waals surface area contributed by atoms with E-state index in [1.807, 2.05) is 6.92 Å². The monoisotopic (exact) mass is 340 g/mol. The number of carbonyl (C=O) groups excluding carboxylic acids is 2. The first-order valence-electron chi connectivity index (χ1n) is 5.85. The van der Waals surface area contributed by atoms with Crippen molar-refractivity contribution in [1.82, 2.24) is 0 Å². The number of imide groups is 1. The zero-order chi connectivity index (χ0) is 14.2. The van der Waals surface area contributed by atoms with Crippen molar-refractivity contribution in [3.05, 3.63) is 28.2 Å². The molecule has 2 amide bonds. The maximum atomic E-state index is 12.0. The van der Waals surface area contributed by atoms with Crippen molar-refractivity contribution < 1.29 is 9.59 Å². The standard InChI is InChI=1S/C13H13BrN2O2S/c1-7-4-11(17)16(12(18)5-7)10-3-2-8(13(15)19)6-9(10)14/h2-3,6-7H,4-5H2,1H3,(H2,15,19). The first kappa shape index (κ1) is 14.1. The summed E-state index contributed by atoms with van der Waals surface area (Å²) in [6.07, 6.45) is 0.768. The van der Waals surface area contributed by atoms with Crippen molar-refractivity contribution in [2.75, 3.05) is 4.90 Å². The predicted molar refractivity (Wildman–Crippen MR) is 80.9 cm³/mol. The lowest BCUT2D eigenvalue weighted by Gasteiger charge is -2.29. The van der Waals surface area contributed by atoms with Crippen LogP contribution < -0.4 is 10.6 Å². The topological polar surface area (TPSA) is 63.4 Å². The van der Waals surface area contributed by atoms with Gasteiger partial charge < -0.3 is 5.73 Å². The summed E-state index contributed by atoms with van der Waals surface area (Å²) in [5, 5.41) is 0. The number of thiocarbonyl (C=S) groups is 1. The van der Waals surface area contributed by atoms with Crippen molar-refractivity contribution >= 4 is 50.6 Å². The molecule has 1 saturated heterocycles. The highest BCUT2D eigenvalue weighted by molar-refractivity contribution is 9.10. The number of rotatable bonds is 2. The van der Waals surface area contributed by atoms with Gasteiger partial charge in [0.05, 0.1) is 5.69 Å². The molecule has 1 aromatic carbocycles. The molecule has 4 nitrogen and oxygen atoms in total. The van der Waals surface area contributed by atoms with Gasteiger partial charge in [0.15, 0.2) is 0 Å². The van der Waals surface area contributed by atoms with Gasteiger partial charge in [-0.2, -0.15) is 0 Å². The van der Waals surface area contributed by atoms with E-state index in [2.05, 4.69) is 15.9 Å². The van der Waals surface area contributed by atoms with E-state index in [1.165, 1.54) is 4.90 Å². The van der Waals surface area contributed by atoms with E-state index in [-0.39, 0.29) is 22.7 Å². The average Bonchev–Trinajstić information content (AvgIpc) is 2.29. The molecular formula is C13H13BrN2O2S. The Hall–Kier alpha value is -1.27. The number of anilines is 1. The number of carbonyl (C=O) groups is 2. The summed E-state index contributed by atoms with van der Waals surface area (Å²) in [6, 6.07) is 5.11. The summed E-state index contributed by atoms with van der Waals surface area (Å²) >= 11 is 8.25. The smallest absolute Gasteiger partial charge is 0.234 e. The molecule has 0 aliphatic carbocycles. The largest absolute Gasteiger partial charge is 0.389 e. The van der Waals surface area contributed by atoms with E-state index < -0.39 is 0 Å². The van der Waals surface area contributed by atoms with E-state index in [4.69, 9.17) is 18.0 Å². The van der Waals surface area contributed by atoms with Crippen molar-refractivity contribution in [2.45, 2.75) is 19.8 Å². The molecule has 2 rings (SSSR count). The maximum Gasteiger partial charge on any atom is 0.234 e. The minimum atomic E-state index is -0.174. The summed E-state index contributed by atoms with van der Waals surface area (Å²) in [5.74, 6) is -0.244. The second kappa shape index (κ2) is 5.38. The lowest BCUT2D eigenvalue weighted by atomic mass is 9.97. The van der Waals surface area contributed by atoms with Crippen LogP contribution in [0.1, 0.15) is 25.3 Å². The van der Waals surface area contributed by atoms with Gasteiger partial charge >= 0.3 is 0 Å². The van der Waals surface area contributed by atoms with Gasteiger partial charge in [0, 0.05) is 22.9 Å². The van der Waals surface area contributed by atoms with Gasteiger partial charge in [0.2, 0.25) is 11.8 Å². The average molecular weight is 341 g/mol. The molecule has 6 heteroatoms. The van der Waals surface area contributed by atoms with Crippen LogP contribution in [0, 0.1) is 5.92 Å². The Bertz CT molecular complexity index is 556. The van der Waals surface area contributed by atoms with Crippen LogP contribution in [-0.4, -0.2) is 16.8 Å². The summed E-state index contributed by atoms with van der Waals surface area (Å²) in [6.45, 7) is 1.90. The number of amides is 2. The maximum absolute atomic E-state index is 12.0. The Balaban J connectivity index is 2.39. The van der Waals surface area contributed by atoms with E-state index in [0.29, 0.717) is 28.6 Å². The molecule has 0 atom stereocenters. The second-order valence-electron chi connectivity index (χ2n) is 4.67. The molecule has 100 valence electrons. The van der Waals surface area contributed by atoms with E-state index in [1.54, 1.807) is 18.2 Å². The highest BCUT2D eigenvalue weighted by Crippen LogP contribution is 2.32. The van der Waals surface area contributed by atoms with E-state index in [0.717, 1.165) is 0 Å². The van der Waals surface area contributed by atoms with Gasteiger partial charge in [-0.25, -0.2) is 4.90 Å². The van der Waals surface area contributed by atoms with Crippen LogP contribution in [0.3, 0.4) is 0 Å². The van der Waals surface area contributed by atoms with Crippen LogP contribution >= 0.6 is 28.1 Å². The molecule has 0 saturated carbocycles. The molecule has 0 unspecified atom stereocenters. The summed E-state index contributed by atoms with van der Waals surface area (Å²) in [7, 11) is 0. The molecule has 1 aromatic rings. The number of halogens is 1. The Morgan fingerprint density at radius 2 is 1.95 bits per heavy atom. The molecule has 1 aliphatic rings. The van der Waals surface area contributed by atoms with Gasteiger partial charge in [0.1, 0.15) is 4.99 Å². The Kier molecular flexibility index (Phi) is 4.01. The van der Waals surface area contributed by atoms with Crippen LogP contribution in [0.5, 0.6) is 0 Å². The zero-order valence-corrected chi connectivity index (χ0v) is 12.8. The number of nitrogens with zero attached hydrogens (tertiary/aromatic N) is 1. The number of hydrogen-bond acceptors (Lipinski definition) is 3. The number of piperidine rings is 1. The molecule has 0 radical (unpaired) electrons. The third-order valence-corrected chi connectivity index (χ3v) is 3.89. The third-order valence-electron chi connectivity index (χ3n) is 3.02. The Morgan fingerprint density at radius 3 is 2.42 bits per heavy atom. The van der Waals surface area contributed by atoms with Crippen LogP contribution in [0.4, 0.5) is 5.69 Å². The van der Waals surface area contributed by atoms with Crippen LogP contribution in [0.25, 0.3) is 0 Å². The van der Waals surface area contributed by atoms with Gasteiger partial charge in [-0.3, -0.25) is 9.59 Å². The third kappa shape index (κ3) is 2.84. The highest BCUT2D eigenvalue weighted by atomic mass is 79.9. The van der Waals surface area contributed by atoms with E-state index in [9.17, 15) is 9.59 Å². The van der Waals surface area contributed by atoms with Crippen molar-refractivity contribution in [2.24, 2.45) is 11.7 Å². The van der Waals surface area contributed by atoms with Crippen molar-refractivity contribution in [3.8, 4) is 0 Å². The molecule has 19 heavy (non-hydrogen) atoms. The molecular weight excluding hydrogens is 328 g/mol. The van der Waals surface area contributed by atoms with Crippen molar-refractivity contribution in [1.29, 1.82) is 0 Å². The van der Waals surface area contributed by atoms with Gasteiger partial charge in [-0.15, -0.1) is 0 Å². The van der Waals surface area contributed by atoms with Crippen LogP contribution in [-0.2, 0) is 9.59 Å². The molecule has 1 heterocycles. The fourth-order valence-electron chi connectivity index (χ4n) is 2.10. The first-order valence-corrected chi connectivity index (χ1v) is 7.05. The molecule has 2 N–H and O–H groups in total. The fraction of sp³-hybridized carbons (Fsp3) is 0.308. The van der Waals surface area contributed by atoms with E-state index >= 15 is 0 Å². The fourth-order valence-corrected chi connectivity index (χ4v) is 2.78. The Labute approximate surface area is 125 Å². The highest BCUT2D eigenvalue weighted by Gasteiger charge is 2.32. The molecule has 0 aromatic heterocycles. The lowest BCUT2D eigenvalue weighted by molar-refractivity contribution is -0.130. The minimum absolute atomic E-state index is 0.103. The molecule has 1 aliphatic heterocycles. The zero-order valence-electron chi connectivity index (χ0n) is 10.4. The number of hydrogen-bond donors (Lipinski definition) is 1. The van der Waals surface area contributed by atoms with Crippen LogP contribution in [0.15, 0.2) is 22.7 Å². The predicted octanol–water partition coefficient (Wildman–Crippen LogP) is 2.37. The van der Waals surface area contributed by atoms with Crippen molar-refractivity contribution in [3.63, 3.8) is 0 Å². The number of nitrogens with two attached hydrogens (primary N) is 1. The molecule has 0 spiro atoms. The van der Waals surface area contributed by atoms with Gasteiger partial charge in [0.25, 0.3) is 0 Å². The van der Waals surface area contributed by atoms with Gasteiger partial charge in [-0.1, -0.05) is 19.1 Å². The van der Waals surface area contributed by atoms with Crippen LogP contribution in [0.2, 0.25) is 0 Å². The SMILES string of the molecule is CC1CC(=O)N(c2ccc(C(N)=S)cc2Br)C(=O)C1. The quantitative estimate of drug-likeness (QED) is 0.663. The summed E-state index contributed by atoms with van der Waals surface area (Å²) in [5.41, 5.74) is 6.78. The summed E-state index contributed by atoms with van der Waals surface area (Å²) < 4.78 is 0.633. The summed E-state index contributed by atoms with van der Waals surface area (Å²) in [4.78, 5) is 25.5. The normalized spacial score (nSPS) is 16.8. The molecule has 0 bridgehead atoms. The second-order valence-corrected chi connectivity index (χ2v) is 5.96.